The van der Waals surface area contributed by atoms with Crippen LogP contribution < -0.4 is 0 Å². The van der Waals surface area contributed by atoms with Gasteiger partial charge in [-0.2, -0.15) is 20.5 Å². The van der Waals surface area contributed by atoms with Crippen LogP contribution in [0.2, 0.25) is 47.8 Å². The van der Waals surface area contributed by atoms with E-state index in [0.717, 1.165) is 98.2 Å². The average Bonchev–Trinajstić information content (AvgIpc) is 4.20. The molecule has 10 radical (unpaired) electrons. The molecule has 440 valence electrons. The van der Waals surface area contributed by atoms with Crippen molar-refractivity contribution in [3.63, 3.8) is 0 Å². The molecule has 0 atom stereocenters. The van der Waals surface area contributed by atoms with E-state index >= 15 is 0 Å². The topological polar surface area (TPSA) is 116 Å². The first-order valence-corrected chi connectivity index (χ1v) is 27.2. The van der Waals surface area contributed by atoms with E-state index in [4.69, 9.17) is 32.6 Å². The largest absolute Gasteiger partial charge is 0.588 e. The summed E-state index contributed by atoms with van der Waals surface area (Å²) in [4.78, 5) is 2.25. The Morgan fingerprint density at radius 1 is 0.390 bits per heavy atom. The van der Waals surface area contributed by atoms with Crippen LogP contribution in [-0.2, 0) is 196 Å². The second-order valence-electron chi connectivity index (χ2n) is 22.0. The summed E-state index contributed by atoms with van der Waals surface area (Å²) in [5.41, 5.74) is 0. The van der Waals surface area contributed by atoms with Crippen molar-refractivity contribution < 1.29 is 196 Å². The number of hydrogen-bond donors (Lipinski definition) is 0. The summed E-state index contributed by atoms with van der Waals surface area (Å²) in [6, 6.07) is 0. The van der Waals surface area contributed by atoms with Gasteiger partial charge in [-0.05, 0) is 108 Å². The second kappa shape index (κ2) is 43.1. The zero-order valence-electron chi connectivity index (χ0n) is 56.2. The van der Waals surface area contributed by atoms with Gasteiger partial charge in [-0.1, -0.05) is 69.6 Å². The molecule has 11 rings (SSSR count). The molecule has 11 heterocycles. The van der Waals surface area contributed by atoms with E-state index in [9.17, 15) is 0 Å². The molecule has 23 nitrogen and oxygen atoms in total. The zero-order chi connectivity index (χ0) is 52.5. The van der Waals surface area contributed by atoms with Crippen LogP contribution >= 0.6 is 0 Å². The molecular weight excluding hydrogens is 1410 g/mol. The molecular formula is C39H102B15N16O7Y5. The molecule has 0 N–H and O–H groups in total. The predicted molar refractivity (Wildman–Crippen MR) is 340 cm³/mol. The Balaban J connectivity index is -0.000000453. The summed E-state index contributed by atoms with van der Waals surface area (Å²) >= 11 is 0. The van der Waals surface area contributed by atoms with Crippen molar-refractivity contribution in [3.05, 3.63) is 37.1 Å². The monoisotopic (exact) mass is 1520 g/mol. The Morgan fingerprint density at radius 3 is 1.17 bits per heavy atom. The quantitative estimate of drug-likeness (QED) is 0.241. The summed E-state index contributed by atoms with van der Waals surface area (Å²) in [7, 11) is 26.2. The van der Waals surface area contributed by atoms with Gasteiger partial charge in [-0.15, -0.1) is 0 Å². The van der Waals surface area contributed by atoms with Gasteiger partial charge in [0.05, 0.1) is 0 Å². The third kappa shape index (κ3) is 20.7. The molecule has 0 saturated carbocycles. The van der Waals surface area contributed by atoms with Crippen molar-refractivity contribution in [3.8, 4) is 0 Å². The maximum atomic E-state index is 5.97. The Labute approximate surface area is 637 Å². The van der Waals surface area contributed by atoms with Crippen molar-refractivity contribution in [1.82, 2.24) is 75.6 Å². The molecule has 0 aliphatic carbocycles. The van der Waals surface area contributed by atoms with Crippen LogP contribution in [0.5, 0.6) is 0 Å². The Bertz CT molecular complexity index is 1470. The molecule has 11 saturated heterocycles. The van der Waals surface area contributed by atoms with E-state index in [0.29, 0.717) is 56.0 Å². The van der Waals surface area contributed by atoms with Gasteiger partial charge in [-0.3, -0.25) is 0 Å². The van der Waals surface area contributed by atoms with E-state index < -0.39 is 0 Å². The van der Waals surface area contributed by atoms with Crippen molar-refractivity contribution in [2.45, 2.75) is 67.0 Å². The van der Waals surface area contributed by atoms with Gasteiger partial charge in [0.15, 0.2) is 0 Å². The Kier molecular flexibility index (Phi) is 49.0. The third-order valence-corrected chi connectivity index (χ3v) is 18.1. The van der Waals surface area contributed by atoms with Gasteiger partial charge in [0.1, 0.15) is 14.4 Å². The summed E-state index contributed by atoms with van der Waals surface area (Å²) in [5.74, 6) is 0. The molecule has 11 aliphatic heterocycles. The third-order valence-electron chi connectivity index (χ3n) is 18.1. The van der Waals surface area contributed by atoms with Gasteiger partial charge in [0.2, 0.25) is 0 Å². The minimum atomic E-state index is 0. The van der Waals surface area contributed by atoms with E-state index in [1.807, 2.05) is 0 Å². The number of hydrogen-bond acceptors (Lipinski definition) is 23. The van der Waals surface area contributed by atoms with Gasteiger partial charge < -0.3 is 108 Å². The molecule has 0 bridgehead atoms. The second-order valence-corrected chi connectivity index (χ2v) is 22.0. The SMILES string of the molecule is C1CN2B(O1)N1CCOB1N1CCO[B-]21.C1COB2N(C1)B1OCCCN1[B-]1OCCCN21.CB1N(C)B(C)N(C)[B-](C)N1C.CB1N(C)B(N(C)C)N(C)[B-](C)N1C.COB1N(C)B(C)N(C)[B-](C)N1C.[CH3+].[CH3+].[CH3+].[CH3+].[CH3+].[Y].[Y].[Y].[Y].[Y]. The molecule has 0 spiro atoms. The first-order valence-electron chi connectivity index (χ1n) is 27.2. The summed E-state index contributed by atoms with van der Waals surface area (Å²) in [5, 5.41) is 0. The minimum Gasteiger partial charge on any atom is -0.588 e. The van der Waals surface area contributed by atoms with Gasteiger partial charge >= 0.3 is 43.0 Å². The average molecular weight is 1510 g/mol. The van der Waals surface area contributed by atoms with Crippen molar-refractivity contribution in [2.24, 2.45) is 0 Å². The van der Waals surface area contributed by atoms with Gasteiger partial charge in [0, 0.05) is 254 Å². The van der Waals surface area contributed by atoms with E-state index in [1.54, 1.807) is 7.11 Å². The first-order chi connectivity index (χ1) is 34.2. The van der Waals surface area contributed by atoms with Crippen LogP contribution in [0.3, 0.4) is 0 Å². The Morgan fingerprint density at radius 2 is 0.720 bits per heavy atom. The number of fused-ring (bicyclic) bond motifs is 12. The predicted octanol–water partition coefficient (Wildman–Crippen LogP) is -1.30. The minimum absolute atomic E-state index is 0. The van der Waals surface area contributed by atoms with E-state index in [-0.39, 0.29) is 251 Å². The smallest absolute Gasteiger partial charge is 0.430 e. The summed E-state index contributed by atoms with van der Waals surface area (Å²) in [6.45, 7) is 29.9. The number of nitrogens with zero attached hydrogens (tertiary/aromatic N) is 16. The fourth-order valence-electron chi connectivity index (χ4n) is 12.3. The summed E-state index contributed by atoms with van der Waals surface area (Å²) in [6.07, 6.45) is 3.26. The number of rotatable bonds is 2. The standard InChI is InChI=1S/C9H18B3N3O3.C7H21B3N4.C6H12B3N3O3.C6H18B3N3O.C6H18B3N3.5CH3.5Y/c1-4-13-10(16-7-1)14-5-2-9-18-12(14)15-6-3-8-17-11(13)15;1-8-12(5)9(2)14(7)10(11(3)4)13(8)6;1-4-13-7-10(1)8-12(2-5-14-8)9-11(7)3-6-15-9;1-7-10(3)8(2)12(5)9(13-6)11(7)4;1-7-10(4)8(2)12(6)9(3)11(7)5;;;;;;;;;;/h1-9H2;1-7H3;1-6H2;1-6H3;1-6H3;5*1H3;;;;;/q5*-1;5*+1;;;;;. The first kappa shape index (κ1) is 93.3. The fraction of sp³-hybridized carbons (Fsp3) is 0.872. The Hall–Kier alpha value is 4.92. The molecule has 43 heteroatoms. The van der Waals surface area contributed by atoms with Crippen LogP contribution in [-0.4, -0.2) is 345 Å². The zero-order valence-corrected chi connectivity index (χ0v) is 70.4. The fourth-order valence-corrected chi connectivity index (χ4v) is 12.3. The van der Waals surface area contributed by atoms with Gasteiger partial charge in [-0.25, -0.2) is 0 Å². The molecule has 82 heavy (non-hydrogen) atoms. The van der Waals surface area contributed by atoms with E-state index in [1.165, 1.54) is 0 Å². The maximum absolute atomic E-state index is 5.97. The summed E-state index contributed by atoms with van der Waals surface area (Å²) < 4.78 is 75.4. The van der Waals surface area contributed by atoms with Crippen LogP contribution in [0.15, 0.2) is 0 Å². The maximum Gasteiger partial charge on any atom is 0.430 e. The molecule has 0 unspecified atom stereocenters. The molecule has 0 amide bonds. The van der Waals surface area contributed by atoms with Crippen molar-refractivity contribution in [1.29, 1.82) is 0 Å². The van der Waals surface area contributed by atoms with Gasteiger partial charge in [0.25, 0.3) is 27.9 Å². The van der Waals surface area contributed by atoms with E-state index in [2.05, 4.69) is 201 Å². The van der Waals surface area contributed by atoms with Crippen LogP contribution in [0.1, 0.15) is 19.3 Å². The molecule has 11 aliphatic rings. The van der Waals surface area contributed by atoms with Crippen molar-refractivity contribution >= 4 is 106 Å². The van der Waals surface area contributed by atoms with Crippen LogP contribution in [0.4, 0.5) is 0 Å². The molecule has 0 aromatic heterocycles. The van der Waals surface area contributed by atoms with Crippen LogP contribution in [0.25, 0.3) is 0 Å². The normalized spacial score (nSPS) is 24.9. The molecule has 0 aromatic rings. The van der Waals surface area contributed by atoms with Crippen molar-refractivity contribution in [2.75, 3.05) is 164 Å². The molecule has 0 aromatic carbocycles. The molecule has 11 fully saturated rings. The van der Waals surface area contributed by atoms with Crippen LogP contribution in [0, 0.1) is 37.1 Å².